The molecule has 0 fully saturated rings. The lowest BCUT2D eigenvalue weighted by molar-refractivity contribution is -0.118. The van der Waals surface area contributed by atoms with Gasteiger partial charge in [0.1, 0.15) is 11.4 Å². The standard InChI is InChI=1S/C9H10N2O3/c10-9(13)3-4-14-8-2-1-7(6-12)11-5-8/h1-2,5-6H,3-4H2,(H2,10,13). The van der Waals surface area contributed by atoms with Crippen molar-refractivity contribution < 1.29 is 14.3 Å². The summed E-state index contributed by atoms with van der Waals surface area (Å²) in [5, 5.41) is 0. The molecule has 1 aromatic rings. The van der Waals surface area contributed by atoms with E-state index < -0.39 is 5.91 Å². The predicted octanol–water partition coefficient (Wildman–Crippen LogP) is 0.148. The van der Waals surface area contributed by atoms with Crippen LogP contribution >= 0.6 is 0 Å². The largest absolute Gasteiger partial charge is 0.491 e. The Balaban J connectivity index is 2.43. The molecule has 1 heterocycles. The van der Waals surface area contributed by atoms with Gasteiger partial charge in [0.15, 0.2) is 6.29 Å². The van der Waals surface area contributed by atoms with Gasteiger partial charge < -0.3 is 10.5 Å². The second-order valence-corrected chi connectivity index (χ2v) is 2.60. The van der Waals surface area contributed by atoms with Gasteiger partial charge in [0.2, 0.25) is 5.91 Å². The fraction of sp³-hybridized carbons (Fsp3) is 0.222. The molecule has 0 spiro atoms. The van der Waals surface area contributed by atoms with E-state index in [2.05, 4.69) is 4.98 Å². The van der Waals surface area contributed by atoms with Crippen molar-refractivity contribution in [3.05, 3.63) is 24.0 Å². The summed E-state index contributed by atoms with van der Waals surface area (Å²) in [6.45, 7) is 0.220. The van der Waals surface area contributed by atoms with E-state index in [1.807, 2.05) is 0 Å². The average molecular weight is 194 g/mol. The molecule has 0 aromatic carbocycles. The van der Waals surface area contributed by atoms with E-state index in [9.17, 15) is 9.59 Å². The number of hydrogen-bond acceptors (Lipinski definition) is 4. The molecule has 0 aliphatic rings. The van der Waals surface area contributed by atoms with Gasteiger partial charge in [0, 0.05) is 0 Å². The summed E-state index contributed by atoms with van der Waals surface area (Å²) in [5.74, 6) is 0.0966. The number of carbonyl (C=O) groups excluding carboxylic acids is 2. The zero-order valence-electron chi connectivity index (χ0n) is 7.47. The van der Waals surface area contributed by atoms with E-state index in [4.69, 9.17) is 10.5 Å². The molecule has 0 bridgehead atoms. The molecule has 74 valence electrons. The minimum atomic E-state index is -0.414. The Kier molecular flexibility index (Phi) is 3.60. The molecule has 0 atom stereocenters. The number of primary amides is 1. The zero-order chi connectivity index (χ0) is 10.4. The summed E-state index contributed by atoms with van der Waals surface area (Å²) in [7, 11) is 0. The van der Waals surface area contributed by atoms with Gasteiger partial charge in [-0.2, -0.15) is 0 Å². The quantitative estimate of drug-likeness (QED) is 0.676. The Morgan fingerprint density at radius 1 is 1.57 bits per heavy atom. The SMILES string of the molecule is NC(=O)CCOc1ccc(C=O)nc1. The normalized spacial score (nSPS) is 9.43. The molecule has 1 amide bonds. The first-order valence-corrected chi connectivity index (χ1v) is 4.04. The molecule has 0 saturated carbocycles. The van der Waals surface area contributed by atoms with Crippen LogP contribution in [0.15, 0.2) is 18.3 Å². The van der Waals surface area contributed by atoms with Crippen molar-refractivity contribution in [1.29, 1.82) is 0 Å². The summed E-state index contributed by atoms with van der Waals surface area (Å²) in [5.41, 5.74) is 5.26. The molecule has 0 aliphatic carbocycles. The monoisotopic (exact) mass is 194 g/mol. The van der Waals surface area contributed by atoms with Crippen LogP contribution in [-0.2, 0) is 4.79 Å². The van der Waals surface area contributed by atoms with Crippen LogP contribution in [0.4, 0.5) is 0 Å². The topological polar surface area (TPSA) is 82.3 Å². The molecule has 5 nitrogen and oxygen atoms in total. The predicted molar refractivity (Wildman–Crippen MR) is 48.9 cm³/mol. The van der Waals surface area contributed by atoms with Crippen LogP contribution < -0.4 is 10.5 Å². The number of rotatable bonds is 5. The number of nitrogens with zero attached hydrogens (tertiary/aromatic N) is 1. The zero-order valence-corrected chi connectivity index (χ0v) is 7.47. The molecular weight excluding hydrogens is 184 g/mol. The number of pyridine rings is 1. The van der Waals surface area contributed by atoms with Crippen molar-refractivity contribution in [2.75, 3.05) is 6.61 Å². The number of amides is 1. The lowest BCUT2D eigenvalue weighted by Crippen LogP contribution is -2.14. The van der Waals surface area contributed by atoms with Gasteiger partial charge >= 0.3 is 0 Å². The van der Waals surface area contributed by atoms with Crippen LogP contribution in [0, 0.1) is 0 Å². The molecule has 0 aliphatic heterocycles. The molecule has 5 heteroatoms. The Morgan fingerprint density at radius 2 is 2.36 bits per heavy atom. The third kappa shape index (κ3) is 3.22. The van der Waals surface area contributed by atoms with E-state index in [1.54, 1.807) is 6.07 Å². The highest BCUT2D eigenvalue weighted by Crippen LogP contribution is 2.08. The van der Waals surface area contributed by atoms with Crippen LogP contribution in [0.2, 0.25) is 0 Å². The highest BCUT2D eigenvalue weighted by Gasteiger charge is 1.97. The Labute approximate surface area is 80.9 Å². The smallest absolute Gasteiger partial charge is 0.220 e. The number of aldehydes is 1. The first-order valence-electron chi connectivity index (χ1n) is 4.04. The molecular formula is C9H10N2O3. The maximum Gasteiger partial charge on any atom is 0.220 e. The van der Waals surface area contributed by atoms with Crippen molar-refractivity contribution in [3.63, 3.8) is 0 Å². The van der Waals surface area contributed by atoms with Crippen molar-refractivity contribution >= 4 is 12.2 Å². The van der Waals surface area contributed by atoms with Crippen LogP contribution in [0.5, 0.6) is 5.75 Å². The first-order chi connectivity index (χ1) is 6.72. The van der Waals surface area contributed by atoms with E-state index in [0.29, 0.717) is 17.7 Å². The van der Waals surface area contributed by atoms with Crippen molar-refractivity contribution in [2.24, 2.45) is 5.73 Å². The van der Waals surface area contributed by atoms with Gasteiger partial charge in [-0.15, -0.1) is 0 Å². The van der Waals surface area contributed by atoms with Crippen molar-refractivity contribution in [2.45, 2.75) is 6.42 Å². The Morgan fingerprint density at radius 3 is 2.86 bits per heavy atom. The molecule has 14 heavy (non-hydrogen) atoms. The maximum atomic E-state index is 10.4. The molecule has 2 N–H and O–H groups in total. The van der Waals surface area contributed by atoms with Crippen molar-refractivity contribution in [1.82, 2.24) is 4.98 Å². The molecule has 1 aromatic heterocycles. The fourth-order valence-electron chi connectivity index (χ4n) is 0.816. The van der Waals surface area contributed by atoms with Gasteiger partial charge in [0.25, 0.3) is 0 Å². The molecule has 0 radical (unpaired) electrons. The van der Waals surface area contributed by atoms with Gasteiger partial charge in [-0.25, -0.2) is 4.98 Å². The summed E-state index contributed by atoms with van der Waals surface area (Å²) in [6, 6.07) is 3.14. The van der Waals surface area contributed by atoms with Gasteiger partial charge in [-0.1, -0.05) is 0 Å². The second-order valence-electron chi connectivity index (χ2n) is 2.60. The first kappa shape index (κ1) is 10.2. The average Bonchev–Trinajstić information content (AvgIpc) is 2.18. The minimum Gasteiger partial charge on any atom is -0.491 e. The van der Waals surface area contributed by atoms with Gasteiger partial charge in [-0.05, 0) is 12.1 Å². The summed E-state index contributed by atoms with van der Waals surface area (Å²) >= 11 is 0. The van der Waals surface area contributed by atoms with E-state index in [0.717, 1.165) is 0 Å². The van der Waals surface area contributed by atoms with E-state index >= 15 is 0 Å². The van der Waals surface area contributed by atoms with Crippen LogP contribution in [0.1, 0.15) is 16.9 Å². The van der Waals surface area contributed by atoms with E-state index in [-0.39, 0.29) is 13.0 Å². The minimum absolute atomic E-state index is 0.162. The van der Waals surface area contributed by atoms with Gasteiger partial charge in [0.05, 0.1) is 19.2 Å². The van der Waals surface area contributed by atoms with Crippen LogP contribution in [0.25, 0.3) is 0 Å². The second kappa shape index (κ2) is 4.96. The molecule has 1 rings (SSSR count). The van der Waals surface area contributed by atoms with Crippen LogP contribution in [-0.4, -0.2) is 23.8 Å². The third-order valence-corrected chi connectivity index (χ3v) is 1.50. The number of carbonyl (C=O) groups is 2. The highest BCUT2D eigenvalue weighted by atomic mass is 16.5. The lowest BCUT2D eigenvalue weighted by atomic mass is 10.3. The fourth-order valence-corrected chi connectivity index (χ4v) is 0.816. The van der Waals surface area contributed by atoms with E-state index in [1.165, 1.54) is 12.3 Å². The van der Waals surface area contributed by atoms with Gasteiger partial charge in [-0.3, -0.25) is 9.59 Å². The maximum absolute atomic E-state index is 10.4. The third-order valence-electron chi connectivity index (χ3n) is 1.50. The highest BCUT2D eigenvalue weighted by molar-refractivity contribution is 5.73. The number of aromatic nitrogens is 1. The summed E-state index contributed by atoms with van der Waals surface area (Å²) in [6.07, 6.45) is 2.23. The number of hydrogen-bond donors (Lipinski definition) is 1. The lowest BCUT2D eigenvalue weighted by Gasteiger charge is -2.03. The summed E-state index contributed by atoms with van der Waals surface area (Å²) in [4.78, 5) is 24.4. The molecule has 0 saturated heterocycles. The Bertz CT molecular complexity index is 321. The summed E-state index contributed by atoms with van der Waals surface area (Å²) < 4.78 is 5.14. The Hall–Kier alpha value is -1.91. The van der Waals surface area contributed by atoms with Crippen molar-refractivity contribution in [3.8, 4) is 5.75 Å². The van der Waals surface area contributed by atoms with Crippen LogP contribution in [0.3, 0.4) is 0 Å². The number of nitrogens with two attached hydrogens (primary N) is 1. The number of ether oxygens (including phenoxy) is 1. The molecule has 0 unspecified atom stereocenters.